The van der Waals surface area contributed by atoms with Crippen LogP contribution < -0.4 is 5.32 Å². The van der Waals surface area contributed by atoms with Gasteiger partial charge < -0.3 is 14.8 Å². The van der Waals surface area contributed by atoms with Gasteiger partial charge in [0.25, 0.3) is 5.91 Å². The van der Waals surface area contributed by atoms with E-state index < -0.39 is 24.5 Å². The van der Waals surface area contributed by atoms with Crippen molar-refractivity contribution in [2.24, 2.45) is 0 Å². The highest BCUT2D eigenvalue weighted by atomic mass is 32.1. The molecule has 0 spiro atoms. The summed E-state index contributed by atoms with van der Waals surface area (Å²) in [6, 6.07) is 4.83. The molecule has 0 aromatic carbocycles. The van der Waals surface area contributed by atoms with Crippen LogP contribution >= 0.6 is 11.3 Å². The summed E-state index contributed by atoms with van der Waals surface area (Å²) in [6.07, 6.45) is 3.61. The monoisotopic (exact) mass is 362 g/mol. The third kappa shape index (κ3) is 5.12. The second kappa shape index (κ2) is 8.93. The number of nitrogens with zero attached hydrogens (tertiary/aromatic N) is 1. The van der Waals surface area contributed by atoms with Crippen molar-refractivity contribution in [2.75, 3.05) is 18.5 Å². The molecule has 0 aliphatic carbocycles. The number of aromatic nitrogens is 1. The van der Waals surface area contributed by atoms with E-state index in [1.807, 2.05) is 6.92 Å². The lowest BCUT2D eigenvalue weighted by Gasteiger charge is -2.07. The first-order chi connectivity index (χ1) is 12.0. The molecule has 2 rings (SSSR count). The number of esters is 2. The molecule has 2 heterocycles. The molecule has 0 unspecified atom stereocenters. The molecular weight excluding hydrogens is 344 g/mol. The Morgan fingerprint density at radius 1 is 1.20 bits per heavy atom. The predicted molar refractivity (Wildman–Crippen MR) is 92.8 cm³/mol. The third-order valence-corrected chi connectivity index (χ3v) is 4.31. The molecule has 132 valence electrons. The molecule has 2 aromatic heterocycles. The number of hydrogen-bond donors (Lipinski definition) is 1. The zero-order valence-electron chi connectivity index (χ0n) is 13.9. The van der Waals surface area contributed by atoms with Gasteiger partial charge in [-0.25, -0.2) is 9.59 Å². The van der Waals surface area contributed by atoms with E-state index in [0.29, 0.717) is 10.6 Å². The van der Waals surface area contributed by atoms with Crippen molar-refractivity contribution in [1.29, 1.82) is 0 Å². The van der Waals surface area contributed by atoms with Crippen molar-refractivity contribution in [3.8, 4) is 0 Å². The number of carbonyl (C=O) groups excluding carboxylic acids is 3. The van der Waals surface area contributed by atoms with Crippen molar-refractivity contribution in [3.05, 3.63) is 46.6 Å². The van der Waals surface area contributed by atoms with Gasteiger partial charge in [-0.15, -0.1) is 11.3 Å². The van der Waals surface area contributed by atoms with Crippen LogP contribution in [-0.2, 0) is 20.7 Å². The molecule has 8 heteroatoms. The Morgan fingerprint density at radius 3 is 2.64 bits per heavy atom. The molecular formula is C17H18N2O5S. The lowest BCUT2D eigenvalue weighted by molar-refractivity contribution is -0.119. The molecule has 0 fully saturated rings. The Labute approximate surface area is 149 Å². The molecule has 0 bridgehead atoms. The van der Waals surface area contributed by atoms with Crippen molar-refractivity contribution in [2.45, 2.75) is 20.3 Å². The molecule has 0 aliphatic heterocycles. The Kier molecular flexibility index (Phi) is 6.64. The second-order valence-corrected chi connectivity index (χ2v) is 6.03. The molecule has 0 saturated carbocycles. The van der Waals surface area contributed by atoms with E-state index in [0.717, 1.165) is 11.3 Å². The zero-order valence-corrected chi connectivity index (χ0v) is 14.7. The smallest absolute Gasteiger partial charge is 0.341 e. The maximum absolute atomic E-state index is 12.0. The number of carbonyl (C=O) groups is 3. The second-order valence-electron chi connectivity index (χ2n) is 4.90. The fraction of sp³-hybridized carbons (Fsp3) is 0.294. The van der Waals surface area contributed by atoms with Crippen molar-refractivity contribution >= 4 is 34.2 Å². The van der Waals surface area contributed by atoms with Crippen LogP contribution in [0.3, 0.4) is 0 Å². The number of amides is 1. The first-order valence-corrected chi connectivity index (χ1v) is 8.53. The van der Waals surface area contributed by atoms with Crippen LogP contribution in [-0.4, -0.2) is 36.0 Å². The fourth-order valence-electron chi connectivity index (χ4n) is 1.93. The lowest BCUT2D eigenvalue weighted by atomic mass is 10.2. The summed E-state index contributed by atoms with van der Waals surface area (Å²) in [7, 11) is 0. The Balaban J connectivity index is 1.99. The summed E-state index contributed by atoms with van der Waals surface area (Å²) in [6.45, 7) is 3.44. The standard InChI is InChI=1S/C17H18N2O5S/c1-3-12-8-13(17(22)23-4-2)15(25-12)19-14(20)10-24-16(21)11-6-5-7-18-9-11/h5-9H,3-4,10H2,1-2H3,(H,19,20). The zero-order chi connectivity index (χ0) is 18.2. The number of nitrogens with one attached hydrogen (secondary N) is 1. The highest BCUT2D eigenvalue weighted by molar-refractivity contribution is 7.16. The van der Waals surface area contributed by atoms with Crippen LogP contribution in [0, 0.1) is 0 Å². The van der Waals surface area contributed by atoms with E-state index in [4.69, 9.17) is 9.47 Å². The summed E-state index contributed by atoms with van der Waals surface area (Å²) in [5.41, 5.74) is 0.558. The van der Waals surface area contributed by atoms with Crippen molar-refractivity contribution in [3.63, 3.8) is 0 Å². The van der Waals surface area contributed by atoms with Crippen LogP contribution in [0.5, 0.6) is 0 Å². The van der Waals surface area contributed by atoms with Gasteiger partial charge in [0.05, 0.1) is 17.7 Å². The van der Waals surface area contributed by atoms with E-state index in [9.17, 15) is 14.4 Å². The quantitative estimate of drug-likeness (QED) is 0.761. The van der Waals surface area contributed by atoms with Gasteiger partial charge >= 0.3 is 11.9 Å². The first kappa shape index (κ1) is 18.6. The Bertz CT molecular complexity index is 758. The Morgan fingerprint density at radius 2 is 2.00 bits per heavy atom. The summed E-state index contributed by atoms with van der Waals surface area (Å²) in [4.78, 5) is 40.5. The van der Waals surface area contributed by atoms with Gasteiger partial charge in [0.15, 0.2) is 6.61 Å². The third-order valence-electron chi connectivity index (χ3n) is 3.11. The molecule has 2 aromatic rings. The molecule has 0 atom stereocenters. The van der Waals surface area contributed by atoms with Gasteiger partial charge in [-0.3, -0.25) is 9.78 Å². The van der Waals surface area contributed by atoms with Gasteiger partial charge in [0.2, 0.25) is 0 Å². The minimum absolute atomic E-state index is 0.242. The average molecular weight is 362 g/mol. The molecule has 0 radical (unpaired) electrons. The van der Waals surface area contributed by atoms with Gasteiger partial charge in [0.1, 0.15) is 5.00 Å². The number of thiophene rings is 1. The fourth-order valence-corrected chi connectivity index (χ4v) is 2.93. The Hall–Kier alpha value is -2.74. The van der Waals surface area contributed by atoms with Crippen LogP contribution in [0.25, 0.3) is 0 Å². The van der Waals surface area contributed by atoms with Crippen molar-refractivity contribution < 1.29 is 23.9 Å². The first-order valence-electron chi connectivity index (χ1n) is 7.72. The van der Waals surface area contributed by atoms with Crippen LogP contribution in [0.4, 0.5) is 5.00 Å². The molecule has 0 saturated heterocycles. The number of hydrogen-bond acceptors (Lipinski definition) is 7. The maximum Gasteiger partial charge on any atom is 0.341 e. The largest absolute Gasteiger partial charge is 0.462 e. The van der Waals surface area contributed by atoms with E-state index in [2.05, 4.69) is 10.3 Å². The van der Waals surface area contributed by atoms with Gasteiger partial charge in [0, 0.05) is 17.3 Å². The van der Waals surface area contributed by atoms with Crippen LogP contribution in [0.1, 0.15) is 39.4 Å². The number of aryl methyl sites for hydroxylation is 1. The number of rotatable bonds is 7. The molecule has 0 aliphatic rings. The minimum Gasteiger partial charge on any atom is -0.462 e. The summed E-state index contributed by atoms with van der Waals surface area (Å²) < 4.78 is 9.93. The van der Waals surface area contributed by atoms with Gasteiger partial charge in [-0.2, -0.15) is 0 Å². The topological polar surface area (TPSA) is 94.6 Å². The highest BCUT2D eigenvalue weighted by Gasteiger charge is 2.19. The lowest BCUT2D eigenvalue weighted by Crippen LogP contribution is -2.21. The molecule has 1 N–H and O–H groups in total. The average Bonchev–Trinajstić information content (AvgIpc) is 3.03. The van der Waals surface area contributed by atoms with Crippen molar-refractivity contribution in [1.82, 2.24) is 4.98 Å². The summed E-state index contributed by atoms with van der Waals surface area (Å²) in [5.74, 6) is -1.68. The normalized spacial score (nSPS) is 10.2. The minimum atomic E-state index is -0.644. The molecule has 7 nitrogen and oxygen atoms in total. The number of ether oxygens (including phenoxy) is 2. The number of pyridine rings is 1. The summed E-state index contributed by atoms with van der Waals surface area (Å²) in [5, 5.41) is 2.98. The highest BCUT2D eigenvalue weighted by Crippen LogP contribution is 2.29. The SMILES string of the molecule is CCOC(=O)c1cc(CC)sc1NC(=O)COC(=O)c1cccnc1. The van der Waals surface area contributed by atoms with E-state index in [-0.39, 0.29) is 12.2 Å². The van der Waals surface area contributed by atoms with Gasteiger partial charge in [-0.05, 0) is 31.5 Å². The van der Waals surface area contributed by atoms with E-state index >= 15 is 0 Å². The number of anilines is 1. The molecule has 25 heavy (non-hydrogen) atoms. The molecule has 1 amide bonds. The van der Waals surface area contributed by atoms with E-state index in [1.54, 1.807) is 25.1 Å². The van der Waals surface area contributed by atoms with Crippen LogP contribution in [0.2, 0.25) is 0 Å². The van der Waals surface area contributed by atoms with E-state index in [1.165, 1.54) is 23.7 Å². The van der Waals surface area contributed by atoms with Crippen LogP contribution in [0.15, 0.2) is 30.6 Å². The predicted octanol–water partition coefficient (Wildman–Crippen LogP) is 2.68. The van der Waals surface area contributed by atoms with Gasteiger partial charge in [-0.1, -0.05) is 6.92 Å². The maximum atomic E-state index is 12.0. The summed E-state index contributed by atoms with van der Waals surface area (Å²) >= 11 is 1.29.